The summed E-state index contributed by atoms with van der Waals surface area (Å²) < 4.78 is 4.08. The second-order valence-electron chi connectivity index (χ2n) is 3.61. The Balaban J connectivity index is 2.98. The van der Waals surface area contributed by atoms with Gasteiger partial charge in [-0.25, -0.2) is 9.78 Å². The van der Waals surface area contributed by atoms with Crippen molar-refractivity contribution in [1.29, 1.82) is 0 Å². The fourth-order valence-corrected chi connectivity index (χ4v) is 1.72. The number of hydrogen-bond acceptors (Lipinski definition) is 4. The number of rotatable bonds is 2. The lowest BCUT2D eigenvalue weighted by Crippen LogP contribution is -2.41. The standard InChI is InChI=1S/C9H13N5O2/c1-12-5-11-7-6(12)8(15)14(4-3-10)9(16)13(7)2/h5H,3-4,10H2,1-2H3. The molecular formula is C9H13N5O2. The Kier molecular flexibility index (Phi) is 2.39. The molecule has 2 aromatic rings. The highest BCUT2D eigenvalue weighted by molar-refractivity contribution is 5.69. The quantitative estimate of drug-likeness (QED) is 0.663. The molecule has 2 heterocycles. The van der Waals surface area contributed by atoms with Crippen molar-refractivity contribution in [3.05, 3.63) is 27.2 Å². The minimum absolute atomic E-state index is 0.215. The normalized spacial score (nSPS) is 11.2. The first-order valence-corrected chi connectivity index (χ1v) is 4.89. The van der Waals surface area contributed by atoms with Crippen LogP contribution in [0.4, 0.5) is 0 Å². The number of aromatic nitrogens is 4. The van der Waals surface area contributed by atoms with Crippen LogP contribution in [-0.4, -0.2) is 25.2 Å². The van der Waals surface area contributed by atoms with Crippen LogP contribution in [-0.2, 0) is 20.6 Å². The number of hydrogen-bond donors (Lipinski definition) is 1. The van der Waals surface area contributed by atoms with Crippen LogP contribution in [0.25, 0.3) is 11.2 Å². The number of imidazole rings is 1. The minimum atomic E-state index is -0.387. The molecule has 0 atom stereocenters. The highest BCUT2D eigenvalue weighted by Gasteiger charge is 2.13. The van der Waals surface area contributed by atoms with E-state index in [1.54, 1.807) is 18.7 Å². The fraction of sp³-hybridized carbons (Fsp3) is 0.444. The van der Waals surface area contributed by atoms with Crippen molar-refractivity contribution in [2.45, 2.75) is 6.54 Å². The van der Waals surface area contributed by atoms with Gasteiger partial charge in [-0.2, -0.15) is 0 Å². The van der Waals surface area contributed by atoms with Crippen LogP contribution in [0.2, 0.25) is 0 Å². The Morgan fingerprint density at radius 3 is 2.69 bits per heavy atom. The molecule has 0 fully saturated rings. The molecule has 7 heteroatoms. The topological polar surface area (TPSA) is 87.8 Å². The van der Waals surface area contributed by atoms with Gasteiger partial charge in [0.05, 0.1) is 6.33 Å². The first kappa shape index (κ1) is 10.6. The molecule has 7 nitrogen and oxygen atoms in total. The lowest BCUT2D eigenvalue weighted by molar-refractivity contribution is 0.609. The lowest BCUT2D eigenvalue weighted by atomic mass is 10.5. The zero-order chi connectivity index (χ0) is 11.9. The first-order chi connectivity index (χ1) is 7.57. The Hall–Kier alpha value is -1.89. The molecule has 2 N–H and O–H groups in total. The van der Waals surface area contributed by atoms with Crippen LogP contribution in [0.5, 0.6) is 0 Å². The molecule has 0 aromatic carbocycles. The van der Waals surface area contributed by atoms with Gasteiger partial charge >= 0.3 is 5.69 Å². The third kappa shape index (κ3) is 1.28. The fourth-order valence-electron chi connectivity index (χ4n) is 1.72. The number of nitrogens with two attached hydrogens (primary N) is 1. The summed E-state index contributed by atoms with van der Waals surface area (Å²) in [6.45, 7) is 0.463. The summed E-state index contributed by atoms with van der Waals surface area (Å²) in [5, 5.41) is 0. The third-order valence-corrected chi connectivity index (χ3v) is 2.55. The van der Waals surface area contributed by atoms with Gasteiger partial charge in [0, 0.05) is 27.2 Å². The maximum absolute atomic E-state index is 12.0. The van der Waals surface area contributed by atoms with Gasteiger partial charge in [0.1, 0.15) is 0 Å². The maximum atomic E-state index is 12.0. The van der Waals surface area contributed by atoms with Crippen LogP contribution in [0.3, 0.4) is 0 Å². The molecule has 0 aliphatic heterocycles. The molecule has 2 aromatic heterocycles. The molecule has 16 heavy (non-hydrogen) atoms. The van der Waals surface area contributed by atoms with Crippen LogP contribution in [0.1, 0.15) is 0 Å². The van der Waals surface area contributed by atoms with Crippen LogP contribution in [0, 0.1) is 0 Å². The van der Waals surface area contributed by atoms with Crippen molar-refractivity contribution in [3.63, 3.8) is 0 Å². The average Bonchev–Trinajstić information content (AvgIpc) is 2.64. The van der Waals surface area contributed by atoms with Crippen molar-refractivity contribution >= 4 is 11.2 Å². The van der Waals surface area contributed by atoms with Gasteiger partial charge in [-0.05, 0) is 0 Å². The molecule has 86 valence electrons. The predicted molar refractivity (Wildman–Crippen MR) is 59.3 cm³/mol. The van der Waals surface area contributed by atoms with Gasteiger partial charge in [-0.1, -0.05) is 0 Å². The number of nitrogens with zero attached hydrogens (tertiary/aromatic N) is 4. The van der Waals surface area contributed by atoms with E-state index in [-0.39, 0.29) is 24.3 Å². The Morgan fingerprint density at radius 1 is 1.38 bits per heavy atom. The molecule has 0 bridgehead atoms. The van der Waals surface area contributed by atoms with E-state index in [0.29, 0.717) is 11.2 Å². The zero-order valence-corrected chi connectivity index (χ0v) is 9.17. The minimum Gasteiger partial charge on any atom is -0.329 e. The molecule has 0 radical (unpaired) electrons. The summed E-state index contributed by atoms with van der Waals surface area (Å²) in [6, 6.07) is 0. The number of aryl methyl sites for hydroxylation is 2. The predicted octanol–water partition coefficient (Wildman–Crippen LogP) is -1.61. The molecular weight excluding hydrogens is 210 g/mol. The van der Waals surface area contributed by atoms with Gasteiger partial charge in [0.2, 0.25) is 0 Å². The van der Waals surface area contributed by atoms with E-state index in [9.17, 15) is 9.59 Å². The second-order valence-corrected chi connectivity index (χ2v) is 3.61. The second kappa shape index (κ2) is 3.60. The monoisotopic (exact) mass is 223 g/mol. The maximum Gasteiger partial charge on any atom is 0.332 e. The summed E-state index contributed by atoms with van der Waals surface area (Å²) in [7, 11) is 3.30. The molecule has 0 amide bonds. The summed E-state index contributed by atoms with van der Waals surface area (Å²) in [5.41, 5.74) is 5.45. The van der Waals surface area contributed by atoms with Crippen molar-refractivity contribution in [2.75, 3.05) is 6.54 Å². The average molecular weight is 223 g/mol. The zero-order valence-electron chi connectivity index (χ0n) is 9.17. The highest BCUT2D eigenvalue weighted by atomic mass is 16.2. The highest BCUT2D eigenvalue weighted by Crippen LogP contribution is 2.02. The first-order valence-electron chi connectivity index (χ1n) is 4.89. The van der Waals surface area contributed by atoms with Crippen molar-refractivity contribution in [2.24, 2.45) is 19.8 Å². The van der Waals surface area contributed by atoms with Crippen molar-refractivity contribution in [1.82, 2.24) is 18.7 Å². The summed E-state index contributed by atoms with van der Waals surface area (Å²) in [4.78, 5) is 27.9. The van der Waals surface area contributed by atoms with Gasteiger partial charge < -0.3 is 10.3 Å². The van der Waals surface area contributed by atoms with E-state index < -0.39 is 0 Å². The van der Waals surface area contributed by atoms with Gasteiger partial charge in [-0.3, -0.25) is 13.9 Å². The van der Waals surface area contributed by atoms with Crippen LogP contribution < -0.4 is 17.0 Å². The molecule has 0 aliphatic carbocycles. The Labute approximate surface area is 90.7 Å². The molecule has 0 unspecified atom stereocenters. The van der Waals surface area contributed by atoms with Crippen LogP contribution in [0.15, 0.2) is 15.9 Å². The smallest absolute Gasteiger partial charge is 0.329 e. The summed E-state index contributed by atoms with van der Waals surface area (Å²) in [5.74, 6) is 0. The van der Waals surface area contributed by atoms with E-state index in [1.807, 2.05) is 0 Å². The summed E-state index contributed by atoms with van der Waals surface area (Å²) >= 11 is 0. The van der Waals surface area contributed by atoms with Gasteiger partial charge in [0.15, 0.2) is 11.2 Å². The van der Waals surface area contributed by atoms with E-state index >= 15 is 0 Å². The third-order valence-electron chi connectivity index (χ3n) is 2.55. The summed E-state index contributed by atoms with van der Waals surface area (Å²) in [6.07, 6.45) is 1.51. The molecule has 0 spiro atoms. The Bertz CT molecular complexity index is 648. The van der Waals surface area contributed by atoms with E-state index in [4.69, 9.17) is 5.73 Å². The molecule has 0 aliphatic rings. The molecule has 0 saturated heterocycles. The van der Waals surface area contributed by atoms with E-state index in [0.717, 1.165) is 4.57 Å². The molecule has 0 saturated carbocycles. The van der Waals surface area contributed by atoms with E-state index in [2.05, 4.69) is 4.98 Å². The van der Waals surface area contributed by atoms with Crippen molar-refractivity contribution in [3.8, 4) is 0 Å². The largest absolute Gasteiger partial charge is 0.332 e. The number of fused-ring (bicyclic) bond motifs is 1. The lowest BCUT2D eigenvalue weighted by Gasteiger charge is -2.06. The van der Waals surface area contributed by atoms with Gasteiger partial charge in [0.25, 0.3) is 5.56 Å². The van der Waals surface area contributed by atoms with E-state index in [1.165, 1.54) is 10.9 Å². The van der Waals surface area contributed by atoms with Crippen LogP contribution >= 0.6 is 0 Å². The van der Waals surface area contributed by atoms with Crippen molar-refractivity contribution < 1.29 is 0 Å². The van der Waals surface area contributed by atoms with Gasteiger partial charge in [-0.15, -0.1) is 0 Å². The SMILES string of the molecule is Cn1cnc2c1c(=O)n(CCN)c(=O)n2C. The molecule has 2 rings (SSSR count). The Morgan fingerprint density at radius 2 is 2.06 bits per heavy atom.